The molecule has 1 aromatic carbocycles. The summed E-state index contributed by atoms with van der Waals surface area (Å²) in [7, 11) is 1.44. The SMILES string of the molecule is COc1ccc(C(F)F)cc1NN. The van der Waals surface area contributed by atoms with Crippen LogP contribution in [0.2, 0.25) is 0 Å². The highest BCUT2D eigenvalue weighted by atomic mass is 19.3. The van der Waals surface area contributed by atoms with Gasteiger partial charge >= 0.3 is 0 Å². The second kappa shape index (κ2) is 4.04. The van der Waals surface area contributed by atoms with Crippen LogP contribution in [0.1, 0.15) is 12.0 Å². The third kappa shape index (κ3) is 2.06. The average Bonchev–Trinajstić information content (AvgIpc) is 2.16. The number of nitrogens with one attached hydrogen (secondary N) is 1. The van der Waals surface area contributed by atoms with Gasteiger partial charge in [-0.1, -0.05) is 0 Å². The van der Waals surface area contributed by atoms with Crippen LogP contribution in [-0.2, 0) is 0 Å². The average molecular weight is 188 g/mol. The lowest BCUT2D eigenvalue weighted by Gasteiger charge is -2.09. The highest BCUT2D eigenvalue weighted by Crippen LogP contribution is 2.28. The van der Waals surface area contributed by atoms with Crippen LogP contribution in [0.25, 0.3) is 0 Å². The van der Waals surface area contributed by atoms with Crippen LogP contribution in [-0.4, -0.2) is 7.11 Å². The van der Waals surface area contributed by atoms with Crippen LogP contribution >= 0.6 is 0 Å². The Balaban J connectivity index is 3.05. The maximum Gasteiger partial charge on any atom is 0.263 e. The number of methoxy groups -OCH3 is 1. The highest BCUT2D eigenvalue weighted by Gasteiger charge is 2.09. The third-order valence-corrected chi connectivity index (χ3v) is 1.63. The highest BCUT2D eigenvalue weighted by molar-refractivity contribution is 5.57. The number of hydrazine groups is 1. The molecule has 3 nitrogen and oxygen atoms in total. The Kier molecular flexibility index (Phi) is 3.02. The molecule has 1 rings (SSSR count). The van der Waals surface area contributed by atoms with Gasteiger partial charge in [0, 0.05) is 5.56 Å². The standard InChI is InChI=1S/C8H10F2N2O/c1-13-7-3-2-5(8(9)10)4-6(7)12-11/h2-4,8,12H,11H2,1H3. The van der Waals surface area contributed by atoms with E-state index in [9.17, 15) is 8.78 Å². The number of rotatable bonds is 3. The molecule has 0 aliphatic heterocycles. The van der Waals surface area contributed by atoms with E-state index in [2.05, 4.69) is 5.43 Å². The summed E-state index contributed by atoms with van der Waals surface area (Å²) in [6.45, 7) is 0. The molecular formula is C8H10F2N2O. The van der Waals surface area contributed by atoms with Crippen LogP contribution in [0.15, 0.2) is 18.2 Å². The number of hydrogen-bond acceptors (Lipinski definition) is 3. The zero-order chi connectivity index (χ0) is 9.84. The van der Waals surface area contributed by atoms with Crippen molar-refractivity contribution in [3.05, 3.63) is 23.8 Å². The summed E-state index contributed by atoms with van der Waals surface area (Å²) in [4.78, 5) is 0. The van der Waals surface area contributed by atoms with Crippen LogP contribution < -0.4 is 16.0 Å². The second-order valence-corrected chi connectivity index (χ2v) is 2.40. The van der Waals surface area contributed by atoms with Crippen molar-refractivity contribution in [3.63, 3.8) is 0 Å². The Labute approximate surface area is 74.5 Å². The van der Waals surface area contributed by atoms with E-state index in [0.29, 0.717) is 11.4 Å². The van der Waals surface area contributed by atoms with Gasteiger partial charge in [0.15, 0.2) is 0 Å². The maximum absolute atomic E-state index is 12.2. The molecule has 0 fully saturated rings. The first kappa shape index (κ1) is 9.73. The zero-order valence-electron chi connectivity index (χ0n) is 7.05. The number of nitrogens with two attached hydrogens (primary N) is 1. The molecule has 0 bridgehead atoms. The lowest BCUT2D eigenvalue weighted by molar-refractivity contribution is 0.151. The van der Waals surface area contributed by atoms with Crippen molar-refractivity contribution < 1.29 is 13.5 Å². The Morgan fingerprint density at radius 1 is 1.46 bits per heavy atom. The third-order valence-electron chi connectivity index (χ3n) is 1.63. The smallest absolute Gasteiger partial charge is 0.263 e. The summed E-state index contributed by atoms with van der Waals surface area (Å²) < 4.78 is 29.3. The Bertz CT molecular complexity index is 291. The number of benzene rings is 1. The van der Waals surface area contributed by atoms with E-state index in [1.54, 1.807) is 0 Å². The molecule has 3 N–H and O–H groups in total. The molecule has 1 aromatic rings. The van der Waals surface area contributed by atoms with Gasteiger partial charge < -0.3 is 10.2 Å². The minimum atomic E-state index is -2.50. The summed E-state index contributed by atoms with van der Waals surface area (Å²) in [5.41, 5.74) is 2.54. The fourth-order valence-electron chi connectivity index (χ4n) is 0.974. The summed E-state index contributed by atoms with van der Waals surface area (Å²) in [6.07, 6.45) is -2.50. The van der Waals surface area contributed by atoms with E-state index >= 15 is 0 Å². The summed E-state index contributed by atoms with van der Waals surface area (Å²) in [5.74, 6) is 5.56. The zero-order valence-corrected chi connectivity index (χ0v) is 7.05. The van der Waals surface area contributed by atoms with Crippen molar-refractivity contribution in [2.24, 2.45) is 5.84 Å². The molecule has 0 aliphatic carbocycles. The summed E-state index contributed by atoms with van der Waals surface area (Å²) in [6, 6.07) is 3.99. The van der Waals surface area contributed by atoms with E-state index in [1.807, 2.05) is 0 Å². The van der Waals surface area contributed by atoms with Crippen molar-refractivity contribution >= 4 is 5.69 Å². The molecule has 0 saturated heterocycles. The van der Waals surface area contributed by atoms with Gasteiger partial charge in [0.05, 0.1) is 12.8 Å². The fourth-order valence-corrected chi connectivity index (χ4v) is 0.974. The van der Waals surface area contributed by atoms with Gasteiger partial charge in [0.25, 0.3) is 6.43 Å². The van der Waals surface area contributed by atoms with E-state index in [1.165, 1.54) is 25.3 Å². The molecule has 0 aromatic heterocycles. The maximum atomic E-state index is 12.2. The number of alkyl halides is 2. The quantitative estimate of drug-likeness (QED) is 0.562. The molecule has 13 heavy (non-hydrogen) atoms. The number of anilines is 1. The minimum Gasteiger partial charge on any atom is -0.495 e. The van der Waals surface area contributed by atoms with Gasteiger partial charge in [-0.05, 0) is 18.2 Å². The molecular weight excluding hydrogens is 178 g/mol. The topological polar surface area (TPSA) is 47.3 Å². The number of ether oxygens (including phenoxy) is 1. The van der Waals surface area contributed by atoms with Gasteiger partial charge in [-0.25, -0.2) is 8.78 Å². The van der Waals surface area contributed by atoms with Crippen molar-refractivity contribution in [2.75, 3.05) is 12.5 Å². The molecule has 0 spiro atoms. The number of nitrogen functional groups attached to an aromatic ring is 1. The summed E-state index contributed by atoms with van der Waals surface area (Å²) >= 11 is 0. The minimum absolute atomic E-state index is 0.0891. The predicted octanol–water partition coefficient (Wildman–Crippen LogP) is 1.92. The van der Waals surface area contributed by atoms with Crippen LogP contribution in [0, 0.1) is 0 Å². The van der Waals surface area contributed by atoms with Crippen molar-refractivity contribution in [1.82, 2.24) is 0 Å². The first-order chi connectivity index (χ1) is 6.19. The monoisotopic (exact) mass is 188 g/mol. The lowest BCUT2D eigenvalue weighted by Crippen LogP contribution is -2.08. The van der Waals surface area contributed by atoms with Crippen molar-refractivity contribution in [2.45, 2.75) is 6.43 Å². The first-order valence-electron chi connectivity index (χ1n) is 3.61. The number of halogens is 2. The van der Waals surface area contributed by atoms with E-state index in [0.717, 1.165) is 0 Å². The molecule has 72 valence electrons. The predicted molar refractivity (Wildman–Crippen MR) is 45.8 cm³/mol. The second-order valence-electron chi connectivity index (χ2n) is 2.40. The molecule has 0 aliphatic rings. The molecule has 0 unspecified atom stereocenters. The molecule has 0 amide bonds. The first-order valence-corrected chi connectivity index (χ1v) is 3.61. The summed E-state index contributed by atoms with van der Waals surface area (Å²) in [5, 5.41) is 0. The fraction of sp³-hybridized carbons (Fsp3) is 0.250. The van der Waals surface area contributed by atoms with E-state index < -0.39 is 6.43 Å². The molecule has 0 radical (unpaired) electrons. The normalized spacial score (nSPS) is 10.2. The van der Waals surface area contributed by atoms with Crippen LogP contribution in [0.3, 0.4) is 0 Å². The van der Waals surface area contributed by atoms with Crippen LogP contribution in [0.4, 0.5) is 14.5 Å². The van der Waals surface area contributed by atoms with Gasteiger partial charge in [0.1, 0.15) is 5.75 Å². The largest absolute Gasteiger partial charge is 0.495 e. The Morgan fingerprint density at radius 2 is 2.15 bits per heavy atom. The van der Waals surface area contributed by atoms with Crippen LogP contribution in [0.5, 0.6) is 5.75 Å². The molecule has 0 saturated carbocycles. The van der Waals surface area contributed by atoms with E-state index in [4.69, 9.17) is 10.6 Å². The Hall–Kier alpha value is -1.36. The Morgan fingerprint density at radius 3 is 2.62 bits per heavy atom. The van der Waals surface area contributed by atoms with Crippen molar-refractivity contribution in [3.8, 4) is 5.75 Å². The van der Waals surface area contributed by atoms with E-state index in [-0.39, 0.29) is 5.56 Å². The van der Waals surface area contributed by atoms with Crippen molar-refractivity contribution in [1.29, 1.82) is 0 Å². The molecule has 0 heterocycles. The number of hydrogen-bond donors (Lipinski definition) is 2. The molecule has 5 heteroatoms. The van der Waals surface area contributed by atoms with Gasteiger partial charge in [-0.15, -0.1) is 0 Å². The van der Waals surface area contributed by atoms with Gasteiger partial charge in [-0.2, -0.15) is 0 Å². The molecule has 0 atom stereocenters. The lowest BCUT2D eigenvalue weighted by atomic mass is 10.2. The van der Waals surface area contributed by atoms with Gasteiger partial charge in [0.2, 0.25) is 0 Å². The van der Waals surface area contributed by atoms with Gasteiger partial charge in [-0.3, -0.25) is 5.84 Å².